The van der Waals surface area contributed by atoms with Crippen molar-refractivity contribution in [1.29, 1.82) is 0 Å². The Morgan fingerprint density at radius 2 is 1.44 bits per heavy atom. The van der Waals surface area contributed by atoms with Crippen LogP contribution in [0.5, 0.6) is 0 Å². The molecular weight excluding hydrogens is 388 g/mol. The highest BCUT2D eigenvalue weighted by Crippen LogP contribution is 2.16. The fourth-order valence-electron chi connectivity index (χ4n) is 4.62. The van der Waals surface area contributed by atoms with Gasteiger partial charge < -0.3 is 9.13 Å². The first-order valence-corrected chi connectivity index (χ1v) is 10.9. The molecule has 6 rings (SSSR count). The molecular formula is C30H22N2. The van der Waals surface area contributed by atoms with Crippen LogP contribution in [0.15, 0.2) is 103 Å². The van der Waals surface area contributed by atoms with Gasteiger partial charge in [0.15, 0.2) is 0 Å². The van der Waals surface area contributed by atoms with Gasteiger partial charge >= 0.3 is 0 Å². The molecule has 2 heteroatoms. The first kappa shape index (κ1) is 18.6. The summed E-state index contributed by atoms with van der Waals surface area (Å²) in [5.41, 5.74) is 5.84. The van der Waals surface area contributed by atoms with Crippen LogP contribution in [0.4, 0.5) is 0 Å². The van der Waals surface area contributed by atoms with Gasteiger partial charge in [0, 0.05) is 0 Å². The zero-order valence-corrected chi connectivity index (χ0v) is 17.9. The molecule has 0 spiro atoms. The molecule has 0 atom stereocenters. The first-order valence-electron chi connectivity index (χ1n) is 10.9. The number of allylic oxidation sites excluding steroid dienone is 2. The van der Waals surface area contributed by atoms with Gasteiger partial charge in [-0.05, 0) is 38.1 Å². The molecule has 2 nitrogen and oxygen atoms in total. The third-order valence-electron chi connectivity index (χ3n) is 6.16. The molecule has 152 valence electrons. The quantitative estimate of drug-likeness (QED) is 0.303. The Morgan fingerprint density at radius 3 is 2.34 bits per heavy atom. The van der Waals surface area contributed by atoms with Gasteiger partial charge in [0.1, 0.15) is 0 Å². The van der Waals surface area contributed by atoms with Crippen LogP contribution in [0, 0.1) is 16.8 Å². The van der Waals surface area contributed by atoms with E-state index >= 15 is 0 Å². The molecule has 1 aliphatic rings. The van der Waals surface area contributed by atoms with Crippen LogP contribution in [0.25, 0.3) is 40.0 Å². The van der Waals surface area contributed by atoms with E-state index in [2.05, 4.69) is 131 Å². The van der Waals surface area contributed by atoms with Crippen molar-refractivity contribution in [3.8, 4) is 11.1 Å². The summed E-state index contributed by atoms with van der Waals surface area (Å²) in [5, 5.41) is 4.92. The second-order valence-electron chi connectivity index (χ2n) is 8.11. The summed E-state index contributed by atoms with van der Waals surface area (Å²) >= 11 is 0. The number of para-hydroxylation sites is 2. The Balaban J connectivity index is 1.75. The number of hydrogen-bond acceptors (Lipinski definition) is 0. The van der Waals surface area contributed by atoms with Gasteiger partial charge in [-0.3, -0.25) is 0 Å². The van der Waals surface area contributed by atoms with Gasteiger partial charge in [0.2, 0.25) is 6.33 Å². The number of hydrogen-bond donors (Lipinski definition) is 0. The van der Waals surface area contributed by atoms with E-state index in [0.29, 0.717) is 0 Å². The minimum absolute atomic E-state index is 1.09. The maximum Gasteiger partial charge on any atom is 0.244 e. The number of benzene rings is 4. The maximum absolute atomic E-state index is 3.49. The van der Waals surface area contributed by atoms with Crippen molar-refractivity contribution in [3.05, 3.63) is 130 Å². The van der Waals surface area contributed by atoms with E-state index in [1.165, 1.54) is 32.0 Å². The van der Waals surface area contributed by atoms with Gasteiger partial charge in [0.05, 0.1) is 23.8 Å². The van der Waals surface area contributed by atoms with Crippen LogP contribution in [-0.4, -0.2) is 4.57 Å². The summed E-state index contributed by atoms with van der Waals surface area (Å²) in [6.07, 6.45) is 10.2. The summed E-state index contributed by atoms with van der Waals surface area (Å²) in [6, 6.07) is 34.3. The first-order chi connectivity index (χ1) is 15.8. The van der Waals surface area contributed by atoms with Crippen LogP contribution in [0.3, 0.4) is 0 Å². The van der Waals surface area contributed by atoms with Gasteiger partial charge in [-0.1, -0.05) is 109 Å². The van der Waals surface area contributed by atoms with Crippen molar-refractivity contribution in [1.82, 2.24) is 4.57 Å². The van der Waals surface area contributed by atoms with Crippen molar-refractivity contribution in [3.63, 3.8) is 0 Å². The van der Waals surface area contributed by atoms with Gasteiger partial charge in [-0.15, -0.1) is 0 Å². The average Bonchev–Trinajstić information content (AvgIpc) is 3.17. The molecule has 0 aliphatic heterocycles. The van der Waals surface area contributed by atoms with Crippen LogP contribution >= 0.6 is 0 Å². The highest BCUT2D eigenvalue weighted by Gasteiger charge is 2.08. The number of nitrogens with zero attached hydrogens (tertiary/aromatic N) is 2. The number of aromatic nitrogens is 2. The SMILES string of the molecule is Cn1[c-][n+](C2=CC=c3c(-c4ccccc4)cccc3=c3ccccc3=C2)c2ccccc21. The monoisotopic (exact) mass is 410 g/mol. The zero-order chi connectivity index (χ0) is 21.5. The molecule has 0 saturated heterocycles. The summed E-state index contributed by atoms with van der Waals surface area (Å²) in [5.74, 6) is 0. The van der Waals surface area contributed by atoms with Crippen LogP contribution in [0.2, 0.25) is 0 Å². The Bertz CT molecular complexity index is 1720. The molecule has 0 radical (unpaired) electrons. The van der Waals surface area contributed by atoms with Crippen LogP contribution in [-0.2, 0) is 7.05 Å². The third-order valence-corrected chi connectivity index (χ3v) is 6.16. The summed E-state index contributed by atoms with van der Waals surface area (Å²) in [7, 11) is 2.04. The Labute approximate surface area is 186 Å². The summed E-state index contributed by atoms with van der Waals surface area (Å²) in [4.78, 5) is 0. The predicted octanol–water partition coefficient (Wildman–Crippen LogP) is 4.34. The molecule has 32 heavy (non-hydrogen) atoms. The highest BCUT2D eigenvalue weighted by atomic mass is 15.1. The fourth-order valence-corrected chi connectivity index (χ4v) is 4.62. The van der Waals surface area contributed by atoms with Gasteiger partial charge in [-0.25, -0.2) is 0 Å². The van der Waals surface area contributed by atoms with Crippen LogP contribution in [0.1, 0.15) is 0 Å². The van der Waals surface area contributed by atoms with E-state index in [-0.39, 0.29) is 0 Å². The molecule has 4 aromatic carbocycles. The average molecular weight is 411 g/mol. The molecule has 5 aromatic rings. The van der Waals surface area contributed by atoms with Crippen molar-refractivity contribution in [2.75, 3.05) is 0 Å². The molecule has 0 N–H and O–H groups in total. The third kappa shape index (κ3) is 3.00. The molecule has 0 fully saturated rings. The van der Waals surface area contributed by atoms with Crippen LogP contribution < -0.4 is 15.0 Å². The minimum atomic E-state index is 1.09. The lowest BCUT2D eigenvalue weighted by Crippen LogP contribution is -2.32. The lowest BCUT2D eigenvalue weighted by atomic mass is 9.99. The molecule has 1 heterocycles. The molecule has 1 aromatic heterocycles. The largest absolute Gasteiger partial charge is 0.319 e. The normalized spacial score (nSPS) is 12.6. The van der Waals surface area contributed by atoms with E-state index in [0.717, 1.165) is 16.7 Å². The zero-order valence-electron chi connectivity index (χ0n) is 17.9. The van der Waals surface area contributed by atoms with Crippen molar-refractivity contribution in [2.45, 2.75) is 0 Å². The minimum Gasteiger partial charge on any atom is -0.319 e. The summed E-state index contributed by atoms with van der Waals surface area (Å²) in [6.45, 7) is 0. The summed E-state index contributed by atoms with van der Waals surface area (Å²) < 4.78 is 4.21. The van der Waals surface area contributed by atoms with Crippen molar-refractivity contribution in [2.24, 2.45) is 7.05 Å². The smallest absolute Gasteiger partial charge is 0.244 e. The molecule has 0 bridgehead atoms. The highest BCUT2D eigenvalue weighted by molar-refractivity contribution is 5.80. The van der Waals surface area contributed by atoms with E-state index in [9.17, 15) is 0 Å². The van der Waals surface area contributed by atoms with E-state index in [4.69, 9.17) is 0 Å². The second kappa shape index (κ2) is 7.51. The fraction of sp³-hybridized carbons (Fsp3) is 0.0333. The Hall–Kier alpha value is -4.17. The number of fused-ring (bicyclic) bond motifs is 3. The number of imidazole rings is 1. The Morgan fingerprint density at radius 1 is 0.688 bits per heavy atom. The lowest BCUT2D eigenvalue weighted by molar-refractivity contribution is -0.553. The molecule has 1 aliphatic carbocycles. The van der Waals surface area contributed by atoms with Crippen molar-refractivity contribution < 1.29 is 4.57 Å². The molecule has 0 saturated carbocycles. The maximum atomic E-state index is 3.49. The topological polar surface area (TPSA) is 8.81 Å². The van der Waals surface area contributed by atoms with E-state index in [1.807, 2.05) is 7.05 Å². The lowest BCUT2D eigenvalue weighted by Gasteiger charge is -2.09. The van der Waals surface area contributed by atoms with Gasteiger partial charge in [-0.2, -0.15) is 0 Å². The van der Waals surface area contributed by atoms with E-state index < -0.39 is 0 Å². The molecule has 0 unspecified atom stereocenters. The van der Waals surface area contributed by atoms with E-state index in [1.54, 1.807) is 0 Å². The van der Waals surface area contributed by atoms with Crippen molar-refractivity contribution >= 4 is 28.9 Å². The second-order valence-corrected chi connectivity index (χ2v) is 8.11. The standard InChI is InChI=1S/C30H22N2/c1-31-21-32(30-17-8-7-16-29(30)31)24-18-19-28-25(22-10-3-2-4-11-22)14-9-15-27(28)26-13-6-5-12-23(26)20-24/h2-20H,1H3. The molecule has 0 amide bonds. The van der Waals surface area contributed by atoms with Gasteiger partial charge in [0.25, 0.3) is 0 Å². The number of rotatable bonds is 2. The predicted molar refractivity (Wildman–Crippen MR) is 130 cm³/mol. The number of aryl methyl sites for hydroxylation is 1. The Kier molecular flexibility index (Phi) is 4.36.